The maximum atomic E-state index is 13.5. The molecule has 2 aromatic rings. The van der Waals surface area contributed by atoms with Crippen molar-refractivity contribution in [2.75, 3.05) is 13.2 Å². The highest BCUT2D eigenvalue weighted by molar-refractivity contribution is 7.18. The summed E-state index contributed by atoms with van der Waals surface area (Å²) in [5, 5.41) is 0.543. The van der Waals surface area contributed by atoms with Crippen LogP contribution in [-0.4, -0.2) is 24.5 Å². The van der Waals surface area contributed by atoms with E-state index in [-0.39, 0.29) is 16.5 Å². The maximum Gasteiger partial charge on any atom is 0.186 e. The van der Waals surface area contributed by atoms with E-state index in [2.05, 4.69) is 4.98 Å². The van der Waals surface area contributed by atoms with Gasteiger partial charge in [-0.25, -0.2) is 18.2 Å². The predicted molar refractivity (Wildman–Crippen MR) is 68.1 cm³/mol. The molecule has 0 atom stereocenters. The monoisotopic (exact) mass is 303 g/mol. The lowest BCUT2D eigenvalue weighted by Crippen LogP contribution is -2.25. The van der Waals surface area contributed by atoms with E-state index in [9.17, 15) is 13.2 Å². The van der Waals surface area contributed by atoms with Crippen molar-refractivity contribution < 1.29 is 22.6 Å². The average molecular weight is 303 g/mol. The Morgan fingerprint density at radius 1 is 1.20 bits per heavy atom. The summed E-state index contributed by atoms with van der Waals surface area (Å²) < 4.78 is 51.0. The molecule has 0 amide bonds. The summed E-state index contributed by atoms with van der Waals surface area (Å²) in [5.74, 6) is -3.10. The number of ether oxygens (including phenoxy) is 2. The summed E-state index contributed by atoms with van der Waals surface area (Å²) in [6, 6.07) is 0.549. The molecule has 0 radical (unpaired) electrons. The lowest BCUT2D eigenvalue weighted by atomic mass is 10.3. The molecule has 1 aliphatic heterocycles. The Kier molecular flexibility index (Phi) is 3.91. The number of hydrogen-bond acceptors (Lipinski definition) is 4. The van der Waals surface area contributed by atoms with Gasteiger partial charge in [0.05, 0.1) is 22.9 Å². The quantitative estimate of drug-likeness (QED) is 0.814. The lowest BCUT2D eigenvalue weighted by molar-refractivity contribution is -0.180. The van der Waals surface area contributed by atoms with Crippen LogP contribution in [0.15, 0.2) is 6.07 Å². The fourth-order valence-electron chi connectivity index (χ4n) is 2.08. The minimum absolute atomic E-state index is 0.0457. The van der Waals surface area contributed by atoms with E-state index < -0.39 is 17.5 Å². The summed E-state index contributed by atoms with van der Waals surface area (Å²) in [5.41, 5.74) is -0.243. The molecule has 3 nitrogen and oxygen atoms in total. The molecule has 0 aliphatic carbocycles. The van der Waals surface area contributed by atoms with Gasteiger partial charge in [0.25, 0.3) is 0 Å². The largest absolute Gasteiger partial charge is 0.353 e. The SMILES string of the molecule is Fc1cc(F)c2sc(CCC3OCCCO3)nc2c1F. The van der Waals surface area contributed by atoms with Crippen molar-refractivity contribution in [2.45, 2.75) is 25.6 Å². The summed E-state index contributed by atoms with van der Waals surface area (Å²) in [6.45, 7) is 1.30. The third-order valence-corrected chi connectivity index (χ3v) is 4.17. The summed E-state index contributed by atoms with van der Waals surface area (Å²) in [6.07, 6.45) is 1.60. The van der Waals surface area contributed by atoms with Crippen molar-refractivity contribution in [1.82, 2.24) is 4.98 Å². The number of benzene rings is 1. The lowest BCUT2D eigenvalue weighted by Gasteiger charge is -2.22. The van der Waals surface area contributed by atoms with Crippen molar-refractivity contribution in [3.63, 3.8) is 0 Å². The molecule has 1 aromatic heterocycles. The number of aryl methyl sites for hydroxylation is 1. The van der Waals surface area contributed by atoms with Gasteiger partial charge >= 0.3 is 0 Å². The number of halogens is 3. The van der Waals surface area contributed by atoms with E-state index in [1.807, 2.05) is 0 Å². The van der Waals surface area contributed by atoms with Gasteiger partial charge < -0.3 is 9.47 Å². The van der Waals surface area contributed by atoms with Crippen LogP contribution in [0.4, 0.5) is 13.2 Å². The van der Waals surface area contributed by atoms with E-state index in [0.717, 1.165) is 17.8 Å². The molecule has 3 rings (SSSR count). The highest BCUT2D eigenvalue weighted by atomic mass is 32.1. The molecule has 0 unspecified atom stereocenters. The van der Waals surface area contributed by atoms with Gasteiger partial charge in [0, 0.05) is 18.9 Å². The average Bonchev–Trinajstić information content (AvgIpc) is 2.89. The third kappa shape index (κ3) is 2.65. The molecule has 0 saturated carbocycles. The molecule has 0 bridgehead atoms. The summed E-state index contributed by atoms with van der Waals surface area (Å²) in [7, 11) is 0. The van der Waals surface area contributed by atoms with Gasteiger partial charge in [-0.1, -0.05) is 0 Å². The van der Waals surface area contributed by atoms with E-state index in [1.165, 1.54) is 0 Å². The van der Waals surface area contributed by atoms with Gasteiger partial charge in [-0.2, -0.15) is 0 Å². The highest BCUT2D eigenvalue weighted by Crippen LogP contribution is 2.29. The molecule has 108 valence electrons. The number of fused-ring (bicyclic) bond motifs is 1. The molecule has 1 aromatic carbocycles. The maximum absolute atomic E-state index is 13.5. The first-order valence-corrected chi connectivity index (χ1v) is 7.13. The molecular formula is C13H12F3NO2S. The Morgan fingerprint density at radius 2 is 1.95 bits per heavy atom. The normalized spacial score (nSPS) is 16.9. The fourth-order valence-corrected chi connectivity index (χ4v) is 3.06. The van der Waals surface area contributed by atoms with Crippen LogP contribution < -0.4 is 0 Å². The van der Waals surface area contributed by atoms with Crippen molar-refractivity contribution >= 4 is 21.6 Å². The van der Waals surface area contributed by atoms with Crippen LogP contribution in [0.5, 0.6) is 0 Å². The van der Waals surface area contributed by atoms with Crippen LogP contribution in [0.25, 0.3) is 10.2 Å². The van der Waals surface area contributed by atoms with Gasteiger partial charge in [-0.3, -0.25) is 0 Å². The third-order valence-electron chi connectivity index (χ3n) is 3.05. The van der Waals surface area contributed by atoms with Gasteiger partial charge in [0.15, 0.2) is 17.9 Å². The number of hydrogen-bond donors (Lipinski definition) is 0. The minimum Gasteiger partial charge on any atom is -0.353 e. The van der Waals surface area contributed by atoms with Crippen LogP contribution in [0, 0.1) is 17.5 Å². The first kappa shape index (κ1) is 13.8. The molecule has 1 aliphatic rings. The summed E-state index contributed by atoms with van der Waals surface area (Å²) in [4.78, 5) is 3.97. The second-order valence-electron chi connectivity index (χ2n) is 4.50. The van der Waals surface area contributed by atoms with Gasteiger partial charge in [-0.15, -0.1) is 11.3 Å². The van der Waals surface area contributed by atoms with Crippen LogP contribution in [0.2, 0.25) is 0 Å². The van der Waals surface area contributed by atoms with Gasteiger partial charge in [0.1, 0.15) is 11.3 Å². The Bertz CT molecular complexity index is 626. The first-order valence-electron chi connectivity index (χ1n) is 6.31. The van der Waals surface area contributed by atoms with Crippen LogP contribution in [0.3, 0.4) is 0 Å². The van der Waals surface area contributed by atoms with Crippen LogP contribution in [-0.2, 0) is 15.9 Å². The van der Waals surface area contributed by atoms with Crippen molar-refractivity contribution in [1.29, 1.82) is 0 Å². The second kappa shape index (κ2) is 5.67. The topological polar surface area (TPSA) is 31.4 Å². The van der Waals surface area contributed by atoms with Gasteiger partial charge in [-0.05, 0) is 6.42 Å². The number of thiazole rings is 1. The number of rotatable bonds is 3. The van der Waals surface area contributed by atoms with E-state index >= 15 is 0 Å². The standard InChI is InChI=1S/C13H12F3NO2S/c14-7-6-8(15)13-12(11(7)16)17-9(20-13)2-3-10-18-4-1-5-19-10/h6,10H,1-5H2. The van der Waals surface area contributed by atoms with Crippen LogP contribution >= 0.6 is 11.3 Å². The fraction of sp³-hybridized carbons (Fsp3) is 0.462. The highest BCUT2D eigenvalue weighted by Gasteiger charge is 2.19. The molecule has 0 spiro atoms. The zero-order valence-corrected chi connectivity index (χ0v) is 11.3. The molecule has 20 heavy (non-hydrogen) atoms. The molecule has 7 heteroatoms. The van der Waals surface area contributed by atoms with Crippen LogP contribution in [0.1, 0.15) is 17.8 Å². The number of nitrogens with zero attached hydrogens (tertiary/aromatic N) is 1. The van der Waals surface area contributed by atoms with Crippen molar-refractivity contribution in [3.05, 3.63) is 28.5 Å². The number of aromatic nitrogens is 1. The predicted octanol–water partition coefficient (Wildman–Crippen LogP) is 3.41. The smallest absolute Gasteiger partial charge is 0.186 e. The zero-order valence-electron chi connectivity index (χ0n) is 10.5. The molecule has 1 saturated heterocycles. The minimum atomic E-state index is -1.22. The van der Waals surface area contributed by atoms with Crippen molar-refractivity contribution in [2.24, 2.45) is 0 Å². The Balaban J connectivity index is 1.78. The second-order valence-corrected chi connectivity index (χ2v) is 5.59. The Hall–Kier alpha value is -1.18. The Morgan fingerprint density at radius 3 is 2.70 bits per heavy atom. The molecule has 2 heterocycles. The molecule has 1 fully saturated rings. The van der Waals surface area contributed by atoms with E-state index in [4.69, 9.17) is 9.47 Å². The van der Waals surface area contributed by atoms with E-state index in [0.29, 0.717) is 37.1 Å². The zero-order chi connectivity index (χ0) is 14.1. The van der Waals surface area contributed by atoms with Gasteiger partial charge in [0.2, 0.25) is 0 Å². The van der Waals surface area contributed by atoms with Crippen molar-refractivity contribution in [3.8, 4) is 0 Å². The molecular weight excluding hydrogens is 291 g/mol. The Labute approximate surface area is 117 Å². The summed E-state index contributed by atoms with van der Waals surface area (Å²) >= 11 is 1.03. The first-order chi connectivity index (χ1) is 9.65. The van der Waals surface area contributed by atoms with E-state index in [1.54, 1.807) is 0 Å². The molecule has 0 N–H and O–H groups in total.